The van der Waals surface area contributed by atoms with Gasteiger partial charge in [0.1, 0.15) is 0 Å². The number of carbonyl (C=O) groups is 1. The first-order valence-corrected chi connectivity index (χ1v) is 4.89. The lowest BCUT2D eigenvalue weighted by atomic mass is 9.95. The van der Waals surface area contributed by atoms with E-state index in [1.54, 1.807) is 0 Å². The molecule has 1 rings (SSSR count). The van der Waals surface area contributed by atoms with Gasteiger partial charge in [-0.05, 0) is 43.0 Å². The van der Waals surface area contributed by atoms with Gasteiger partial charge in [-0.25, -0.2) is 0 Å². The second kappa shape index (κ2) is 4.34. The number of esters is 1. The number of anilines is 1. The maximum Gasteiger partial charge on any atom is 0.309 e. The highest BCUT2D eigenvalue weighted by Gasteiger charge is 2.12. The van der Waals surface area contributed by atoms with Crippen LogP contribution in [0.1, 0.15) is 22.3 Å². The summed E-state index contributed by atoms with van der Waals surface area (Å²) in [7, 11) is 1.39. The molecular formula is C12H17NO2. The van der Waals surface area contributed by atoms with Crippen molar-refractivity contribution in [2.24, 2.45) is 0 Å². The third kappa shape index (κ3) is 2.29. The number of hydrogen-bond acceptors (Lipinski definition) is 3. The van der Waals surface area contributed by atoms with E-state index in [2.05, 4.69) is 4.74 Å². The van der Waals surface area contributed by atoms with Crippen molar-refractivity contribution in [3.63, 3.8) is 0 Å². The molecule has 1 aromatic rings. The van der Waals surface area contributed by atoms with Crippen molar-refractivity contribution in [3.8, 4) is 0 Å². The van der Waals surface area contributed by atoms with Gasteiger partial charge >= 0.3 is 5.97 Å². The van der Waals surface area contributed by atoms with Crippen LogP contribution in [0.5, 0.6) is 0 Å². The Bertz CT molecular complexity index is 397. The van der Waals surface area contributed by atoms with Crippen LogP contribution in [-0.4, -0.2) is 13.1 Å². The molecule has 0 aliphatic rings. The monoisotopic (exact) mass is 207 g/mol. The maximum absolute atomic E-state index is 11.2. The molecule has 0 bridgehead atoms. The van der Waals surface area contributed by atoms with E-state index < -0.39 is 0 Å². The van der Waals surface area contributed by atoms with Gasteiger partial charge in [-0.1, -0.05) is 6.07 Å². The summed E-state index contributed by atoms with van der Waals surface area (Å²) in [5, 5.41) is 0. The fraction of sp³-hybridized carbons (Fsp3) is 0.417. The van der Waals surface area contributed by atoms with Gasteiger partial charge in [0.05, 0.1) is 13.5 Å². The van der Waals surface area contributed by atoms with Crippen molar-refractivity contribution in [1.29, 1.82) is 0 Å². The Hall–Kier alpha value is -1.51. The summed E-state index contributed by atoms with van der Waals surface area (Å²) in [5.74, 6) is -0.232. The van der Waals surface area contributed by atoms with Crippen LogP contribution in [0.25, 0.3) is 0 Å². The molecule has 0 saturated heterocycles. The summed E-state index contributed by atoms with van der Waals surface area (Å²) in [4.78, 5) is 11.2. The molecule has 0 aliphatic heterocycles. The quantitative estimate of drug-likeness (QED) is 0.595. The number of nitrogens with two attached hydrogens (primary N) is 1. The molecular weight excluding hydrogens is 190 g/mol. The van der Waals surface area contributed by atoms with E-state index in [9.17, 15) is 4.79 Å². The number of nitrogen functional groups attached to an aromatic ring is 1. The van der Waals surface area contributed by atoms with E-state index in [0.717, 1.165) is 27.9 Å². The highest BCUT2D eigenvalue weighted by molar-refractivity contribution is 5.75. The minimum absolute atomic E-state index is 0.232. The van der Waals surface area contributed by atoms with Crippen molar-refractivity contribution < 1.29 is 9.53 Å². The van der Waals surface area contributed by atoms with Crippen LogP contribution < -0.4 is 5.73 Å². The normalized spacial score (nSPS) is 10.1. The van der Waals surface area contributed by atoms with Crippen molar-refractivity contribution in [3.05, 3.63) is 28.3 Å². The zero-order valence-corrected chi connectivity index (χ0v) is 9.68. The molecule has 0 spiro atoms. The Kier molecular flexibility index (Phi) is 3.35. The Morgan fingerprint density at radius 1 is 1.33 bits per heavy atom. The Morgan fingerprint density at radius 2 is 1.93 bits per heavy atom. The topological polar surface area (TPSA) is 52.3 Å². The van der Waals surface area contributed by atoms with Gasteiger partial charge < -0.3 is 10.5 Å². The van der Waals surface area contributed by atoms with E-state index in [-0.39, 0.29) is 5.97 Å². The van der Waals surface area contributed by atoms with E-state index in [1.165, 1.54) is 7.11 Å². The lowest BCUT2D eigenvalue weighted by Crippen LogP contribution is -2.09. The van der Waals surface area contributed by atoms with Gasteiger partial charge in [0.2, 0.25) is 0 Å². The number of hydrogen-bond donors (Lipinski definition) is 1. The Morgan fingerprint density at radius 3 is 2.47 bits per heavy atom. The van der Waals surface area contributed by atoms with Crippen LogP contribution in [0.4, 0.5) is 5.69 Å². The van der Waals surface area contributed by atoms with Crippen LogP contribution in [0, 0.1) is 20.8 Å². The van der Waals surface area contributed by atoms with Gasteiger partial charge in [0.15, 0.2) is 0 Å². The van der Waals surface area contributed by atoms with Gasteiger partial charge in [0.25, 0.3) is 0 Å². The number of aryl methyl sites for hydroxylation is 2. The average Bonchev–Trinajstić information content (AvgIpc) is 2.21. The number of rotatable bonds is 2. The van der Waals surface area contributed by atoms with Crippen molar-refractivity contribution in [2.45, 2.75) is 27.2 Å². The van der Waals surface area contributed by atoms with Crippen molar-refractivity contribution >= 4 is 11.7 Å². The second-order valence-corrected chi connectivity index (χ2v) is 3.78. The zero-order valence-electron chi connectivity index (χ0n) is 9.68. The van der Waals surface area contributed by atoms with Crippen LogP contribution in [0.15, 0.2) is 6.07 Å². The molecule has 0 aliphatic carbocycles. The largest absolute Gasteiger partial charge is 0.469 e. The second-order valence-electron chi connectivity index (χ2n) is 3.78. The van der Waals surface area contributed by atoms with E-state index in [0.29, 0.717) is 6.42 Å². The summed E-state index contributed by atoms with van der Waals surface area (Å²) < 4.78 is 4.65. The standard InChI is InChI=1S/C12H17NO2/c1-7-5-8(2)12(13)9(3)10(7)6-11(14)15-4/h5H,6,13H2,1-4H3. The Balaban J connectivity index is 3.18. The molecule has 0 fully saturated rings. The first kappa shape index (κ1) is 11.6. The highest BCUT2D eigenvalue weighted by atomic mass is 16.5. The number of methoxy groups -OCH3 is 1. The third-order valence-corrected chi connectivity index (χ3v) is 2.74. The third-order valence-electron chi connectivity index (χ3n) is 2.74. The van der Waals surface area contributed by atoms with Gasteiger partial charge in [-0.3, -0.25) is 4.79 Å². The molecule has 1 aromatic carbocycles. The molecule has 0 saturated carbocycles. The number of carbonyl (C=O) groups excluding carboxylic acids is 1. The molecule has 0 unspecified atom stereocenters. The molecule has 0 radical (unpaired) electrons. The molecule has 0 aromatic heterocycles. The smallest absolute Gasteiger partial charge is 0.309 e. The molecule has 0 atom stereocenters. The summed E-state index contributed by atoms with van der Waals surface area (Å²) in [6.45, 7) is 5.89. The van der Waals surface area contributed by atoms with Gasteiger partial charge in [-0.15, -0.1) is 0 Å². The number of ether oxygens (including phenoxy) is 1. The lowest BCUT2D eigenvalue weighted by Gasteiger charge is -2.13. The van der Waals surface area contributed by atoms with E-state index in [4.69, 9.17) is 5.73 Å². The van der Waals surface area contributed by atoms with Crippen LogP contribution >= 0.6 is 0 Å². The molecule has 15 heavy (non-hydrogen) atoms. The summed E-state index contributed by atoms with van der Waals surface area (Å²) >= 11 is 0. The van der Waals surface area contributed by atoms with Crippen LogP contribution in [0.3, 0.4) is 0 Å². The van der Waals surface area contributed by atoms with Crippen LogP contribution in [0.2, 0.25) is 0 Å². The van der Waals surface area contributed by atoms with Crippen LogP contribution in [-0.2, 0) is 16.0 Å². The van der Waals surface area contributed by atoms with Crippen molar-refractivity contribution in [2.75, 3.05) is 12.8 Å². The molecule has 3 heteroatoms. The van der Waals surface area contributed by atoms with Crippen molar-refractivity contribution in [1.82, 2.24) is 0 Å². The highest BCUT2D eigenvalue weighted by Crippen LogP contribution is 2.24. The molecule has 82 valence electrons. The predicted molar refractivity (Wildman–Crippen MR) is 60.8 cm³/mol. The van der Waals surface area contributed by atoms with Gasteiger partial charge in [0, 0.05) is 5.69 Å². The molecule has 2 N–H and O–H groups in total. The first-order valence-electron chi connectivity index (χ1n) is 4.89. The fourth-order valence-electron chi connectivity index (χ4n) is 1.73. The lowest BCUT2D eigenvalue weighted by molar-refractivity contribution is -0.139. The summed E-state index contributed by atoms with van der Waals surface area (Å²) in [6, 6.07) is 2.00. The average molecular weight is 207 g/mol. The predicted octanol–water partition coefficient (Wildman–Crippen LogP) is 1.91. The SMILES string of the molecule is COC(=O)Cc1c(C)cc(C)c(N)c1C. The van der Waals surface area contributed by atoms with E-state index >= 15 is 0 Å². The summed E-state index contributed by atoms with van der Waals surface area (Å²) in [5.41, 5.74) is 10.8. The Labute approximate surface area is 90.2 Å². The zero-order chi connectivity index (χ0) is 11.6. The molecule has 0 heterocycles. The molecule has 3 nitrogen and oxygen atoms in total. The van der Waals surface area contributed by atoms with E-state index in [1.807, 2.05) is 26.8 Å². The first-order chi connectivity index (χ1) is 6.97. The summed E-state index contributed by atoms with van der Waals surface area (Å²) in [6.07, 6.45) is 0.290. The number of benzene rings is 1. The molecule has 0 amide bonds. The minimum Gasteiger partial charge on any atom is -0.469 e. The van der Waals surface area contributed by atoms with Gasteiger partial charge in [-0.2, -0.15) is 0 Å². The minimum atomic E-state index is -0.232. The maximum atomic E-state index is 11.2. The fourth-order valence-corrected chi connectivity index (χ4v) is 1.73.